The maximum atomic E-state index is 6.34. The first-order valence-corrected chi connectivity index (χ1v) is 8.42. The monoisotopic (exact) mass is 360 g/mol. The summed E-state index contributed by atoms with van der Waals surface area (Å²) in [4.78, 5) is 2.40. The molecule has 0 amide bonds. The number of rotatable bonds is 8. The van der Waals surface area contributed by atoms with Crippen molar-refractivity contribution in [2.75, 3.05) is 27.2 Å². The summed E-state index contributed by atoms with van der Waals surface area (Å²) in [5, 5.41) is 4.20. The Hall–Kier alpha value is -0.0900. The van der Waals surface area contributed by atoms with Crippen LogP contribution in [0, 0.1) is 5.92 Å². The molecule has 0 fully saturated rings. The van der Waals surface area contributed by atoms with Gasteiger partial charge in [0.05, 0.1) is 0 Å². The minimum Gasteiger partial charge on any atom is -0.313 e. The molecule has 1 aromatic rings. The summed E-state index contributed by atoms with van der Waals surface area (Å²) >= 11 is 9.79. The average molecular weight is 362 g/mol. The van der Waals surface area contributed by atoms with Crippen LogP contribution < -0.4 is 5.32 Å². The van der Waals surface area contributed by atoms with Crippen molar-refractivity contribution in [3.05, 3.63) is 33.3 Å². The molecule has 1 N–H and O–H groups in total. The maximum absolute atomic E-state index is 6.34. The summed E-state index contributed by atoms with van der Waals surface area (Å²) in [7, 11) is 4.19. The van der Waals surface area contributed by atoms with Crippen molar-refractivity contribution < 1.29 is 0 Å². The highest BCUT2D eigenvalue weighted by Gasteiger charge is 2.14. The third-order valence-electron chi connectivity index (χ3n) is 3.57. The van der Waals surface area contributed by atoms with Crippen LogP contribution in [-0.4, -0.2) is 32.1 Å². The van der Waals surface area contributed by atoms with Crippen LogP contribution in [-0.2, 0) is 0 Å². The van der Waals surface area contributed by atoms with Crippen LogP contribution >= 0.6 is 27.5 Å². The first-order chi connectivity index (χ1) is 9.43. The summed E-state index contributed by atoms with van der Waals surface area (Å²) in [5.41, 5.74) is 1.18. The Morgan fingerprint density at radius 3 is 2.45 bits per heavy atom. The molecule has 1 aromatic carbocycles. The van der Waals surface area contributed by atoms with Gasteiger partial charge in [-0.2, -0.15) is 0 Å². The van der Waals surface area contributed by atoms with E-state index in [1.807, 2.05) is 19.2 Å². The van der Waals surface area contributed by atoms with Crippen LogP contribution in [0.15, 0.2) is 22.7 Å². The normalized spacial score (nSPS) is 13.2. The molecule has 0 saturated heterocycles. The Bertz CT molecular complexity index is 409. The zero-order valence-electron chi connectivity index (χ0n) is 12.9. The Kier molecular flexibility index (Phi) is 8.11. The smallest absolute Gasteiger partial charge is 0.0465 e. The van der Waals surface area contributed by atoms with Crippen molar-refractivity contribution in [2.45, 2.75) is 32.7 Å². The highest BCUT2D eigenvalue weighted by atomic mass is 79.9. The van der Waals surface area contributed by atoms with Gasteiger partial charge in [0.25, 0.3) is 0 Å². The van der Waals surface area contributed by atoms with Gasteiger partial charge in [-0.3, -0.25) is 0 Å². The fourth-order valence-electron chi connectivity index (χ4n) is 2.18. The zero-order chi connectivity index (χ0) is 15.1. The number of hydrogen-bond donors (Lipinski definition) is 1. The predicted octanol–water partition coefficient (Wildman–Crippen LogP) is 4.73. The van der Waals surface area contributed by atoms with Crippen molar-refractivity contribution in [2.24, 2.45) is 5.92 Å². The predicted molar refractivity (Wildman–Crippen MR) is 92.5 cm³/mol. The van der Waals surface area contributed by atoms with E-state index in [-0.39, 0.29) is 0 Å². The Morgan fingerprint density at radius 1 is 1.25 bits per heavy atom. The van der Waals surface area contributed by atoms with Crippen LogP contribution in [0.2, 0.25) is 5.02 Å². The molecule has 114 valence electrons. The van der Waals surface area contributed by atoms with Crippen molar-refractivity contribution in [1.29, 1.82) is 0 Å². The molecule has 1 rings (SSSR count). The first kappa shape index (κ1) is 18.0. The van der Waals surface area contributed by atoms with E-state index in [0.717, 1.165) is 34.9 Å². The number of halogens is 2. The lowest BCUT2D eigenvalue weighted by atomic mass is 10.0. The van der Waals surface area contributed by atoms with Gasteiger partial charge in [0.2, 0.25) is 0 Å². The van der Waals surface area contributed by atoms with E-state index in [1.54, 1.807) is 0 Å². The fraction of sp³-hybridized carbons (Fsp3) is 0.625. The van der Waals surface area contributed by atoms with Crippen LogP contribution in [0.3, 0.4) is 0 Å². The lowest BCUT2D eigenvalue weighted by molar-refractivity contribution is 0.292. The number of benzene rings is 1. The summed E-state index contributed by atoms with van der Waals surface area (Å²) in [5.74, 6) is 0.762. The van der Waals surface area contributed by atoms with E-state index in [9.17, 15) is 0 Å². The van der Waals surface area contributed by atoms with Gasteiger partial charge < -0.3 is 10.2 Å². The number of hydrogen-bond acceptors (Lipinski definition) is 2. The number of nitrogens with zero attached hydrogens (tertiary/aromatic N) is 1. The van der Waals surface area contributed by atoms with Crippen LogP contribution in [0.4, 0.5) is 0 Å². The van der Waals surface area contributed by atoms with E-state index in [4.69, 9.17) is 11.6 Å². The molecule has 0 aliphatic carbocycles. The first-order valence-electron chi connectivity index (χ1n) is 7.24. The van der Waals surface area contributed by atoms with Gasteiger partial charge in [0, 0.05) is 15.5 Å². The second-order valence-corrected chi connectivity index (χ2v) is 7.10. The van der Waals surface area contributed by atoms with E-state index in [0.29, 0.717) is 6.04 Å². The van der Waals surface area contributed by atoms with Gasteiger partial charge in [0.1, 0.15) is 0 Å². The maximum Gasteiger partial charge on any atom is 0.0465 e. The number of nitrogens with one attached hydrogen (secondary N) is 1. The lowest BCUT2D eigenvalue weighted by Crippen LogP contribution is -2.27. The molecule has 20 heavy (non-hydrogen) atoms. The second kappa shape index (κ2) is 9.04. The molecule has 0 saturated carbocycles. The summed E-state index contributed by atoms with van der Waals surface area (Å²) in [6.45, 7) is 6.77. The molecule has 4 heteroatoms. The largest absolute Gasteiger partial charge is 0.313 e. The molecule has 1 atom stereocenters. The molecule has 0 aliphatic rings. The molecule has 0 spiro atoms. The Morgan fingerprint density at radius 2 is 1.90 bits per heavy atom. The van der Waals surface area contributed by atoms with Gasteiger partial charge in [-0.15, -0.1) is 0 Å². The lowest BCUT2D eigenvalue weighted by Gasteiger charge is -2.23. The molecule has 0 radical (unpaired) electrons. The van der Waals surface area contributed by atoms with E-state index >= 15 is 0 Å². The minimum atomic E-state index is 0.303. The molecule has 0 aromatic heterocycles. The third-order valence-corrected chi connectivity index (χ3v) is 4.39. The van der Waals surface area contributed by atoms with Gasteiger partial charge in [-0.1, -0.05) is 47.4 Å². The van der Waals surface area contributed by atoms with E-state index in [2.05, 4.69) is 53.1 Å². The topological polar surface area (TPSA) is 15.3 Å². The molecule has 0 aliphatic heterocycles. The van der Waals surface area contributed by atoms with Gasteiger partial charge in [-0.05, 0) is 63.6 Å². The van der Waals surface area contributed by atoms with Gasteiger partial charge in [0.15, 0.2) is 0 Å². The minimum absolute atomic E-state index is 0.303. The highest BCUT2D eigenvalue weighted by Crippen LogP contribution is 2.28. The summed E-state index contributed by atoms with van der Waals surface area (Å²) < 4.78 is 1.02. The molecular formula is C16H26BrClN2. The zero-order valence-corrected chi connectivity index (χ0v) is 15.3. The third kappa shape index (κ3) is 6.13. The molecule has 1 unspecified atom stereocenters. The summed E-state index contributed by atoms with van der Waals surface area (Å²) in [6.07, 6.45) is 2.31. The van der Waals surface area contributed by atoms with Crippen LogP contribution in [0.1, 0.15) is 38.3 Å². The van der Waals surface area contributed by atoms with E-state index < -0.39 is 0 Å². The Balaban J connectivity index is 2.54. The molecule has 0 bridgehead atoms. The highest BCUT2D eigenvalue weighted by molar-refractivity contribution is 9.10. The van der Waals surface area contributed by atoms with E-state index in [1.165, 1.54) is 12.0 Å². The molecule has 0 heterocycles. The average Bonchev–Trinajstić information content (AvgIpc) is 2.38. The van der Waals surface area contributed by atoms with Crippen LogP contribution in [0.5, 0.6) is 0 Å². The summed E-state index contributed by atoms with van der Waals surface area (Å²) in [6, 6.07) is 6.41. The van der Waals surface area contributed by atoms with Crippen molar-refractivity contribution >= 4 is 27.5 Å². The van der Waals surface area contributed by atoms with Crippen molar-refractivity contribution in [1.82, 2.24) is 10.2 Å². The second-order valence-electron chi connectivity index (χ2n) is 5.78. The van der Waals surface area contributed by atoms with Gasteiger partial charge >= 0.3 is 0 Å². The quantitative estimate of drug-likeness (QED) is 0.720. The van der Waals surface area contributed by atoms with Crippen molar-refractivity contribution in [3.63, 3.8) is 0 Å². The van der Waals surface area contributed by atoms with Crippen molar-refractivity contribution in [3.8, 4) is 0 Å². The van der Waals surface area contributed by atoms with Gasteiger partial charge in [-0.25, -0.2) is 0 Å². The molecule has 2 nitrogen and oxygen atoms in total. The van der Waals surface area contributed by atoms with Crippen LogP contribution in [0.25, 0.3) is 0 Å². The molecular weight excluding hydrogens is 336 g/mol. The Labute approximate surface area is 137 Å². The standard InChI is InChI=1S/C16H26BrClN2/c1-12(2)7-9-20(4)10-8-16(19-3)14-6-5-13(17)11-15(14)18/h5-6,11-12,16,19H,7-10H2,1-4H3. The fourth-order valence-corrected chi connectivity index (χ4v) is 2.98. The SMILES string of the molecule is CNC(CCN(C)CCC(C)C)c1ccc(Br)cc1Cl.